The monoisotopic (exact) mass is 312 g/mol. The van der Waals surface area contributed by atoms with Crippen molar-refractivity contribution in [1.29, 1.82) is 0 Å². The van der Waals surface area contributed by atoms with Gasteiger partial charge in [0.15, 0.2) is 5.78 Å². The number of aliphatic hydroxyl groups is 2. The number of carbonyl (C=O) groups excluding carboxylic acids is 2. The van der Waals surface area contributed by atoms with Crippen LogP contribution in [0.25, 0.3) is 0 Å². The first-order chi connectivity index (χ1) is 10.1. The topological polar surface area (TPSA) is 83.8 Å². The fourth-order valence-electron chi connectivity index (χ4n) is 2.85. The predicted octanol–water partition coefficient (Wildman–Crippen LogP) is 1.71. The van der Waals surface area contributed by atoms with Crippen LogP contribution in [0.1, 0.15) is 41.0 Å². The maximum atomic E-state index is 12.2. The maximum absolute atomic E-state index is 12.2. The molecule has 1 aliphatic rings. The molecule has 0 aromatic carbocycles. The highest BCUT2D eigenvalue weighted by Gasteiger charge is 2.34. The zero-order valence-corrected chi connectivity index (χ0v) is 14.0. The smallest absolute Gasteiger partial charge is 0.311 e. The lowest BCUT2D eigenvalue weighted by molar-refractivity contribution is -0.166. The van der Waals surface area contributed by atoms with Crippen molar-refractivity contribution < 1.29 is 24.5 Å². The van der Waals surface area contributed by atoms with Crippen molar-refractivity contribution in [2.45, 2.75) is 59.4 Å². The van der Waals surface area contributed by atoms with Crippen molar-refractivity contribution in [3.05, 3.63) is 12.2 Å². The first kappa shape index (κ1) is 18.8. The normalized spacial score (nSPS) is 41.0. The minimum Gasteiger partial charge on any atom is -0.459 e. The Hall–Kier alpha value is -1.20. The fraction of sp³-hybridized carbons (Fsp3) is 0.765. The first-order valence-corrected chi connectivity index (χ1v) is 7.93. The van der Waals surface area contributed by atoms with E-state index < -0.39 is 30.2 Å². The molecule has 0 saturated carbocycles. The number of ketones is 1. The van der Waals surface area contributed by atoms with E-state index in [2.05, 4.69) is 0 Å². The van der Waals surface area contributed by atoms with Gasteiger partial charge in [0.1, 0.15) is 6.10 Å². The molecule has 0 aliphatic carbocycles. The van der Waals surface area contributed by atoms with Crippen LogP contribution >= 0.6 is 0 Å². The molecule has 5 nitrogen and oxygen atoms in total. The van der Waals surface area contributed by atoms with E-state index in [4.69, 9.17) is 4.74 Å². The molecule has 0 unspecified atom stereocenters. The molecule has 1 heterocycles. The summed E-state index contributed by atoms with van der Waals surface area (Å²) in [7, 11) is 0. The molecule has 0 fully saturated rings. The Balaban J connectivity index is 3.11. The molecule has 0 spiro atoms. The summed E-state index contributed by atoms with van der Waals surface area (Å²) in [5, 5.41) is 20.1. The first-order valence-electron chi connectivity index (χ1n) is 7.93. The number of hydrogen-bond acceptors (Lipinski definition) is 5. The molecular weight excluding hydrogens is 284 g/mol. The molecule has 126 valence electrons. The van der Waals surface area contributed by atoms with Gasteiger partial charge in [0.25, 0.3) is 0 Å². The SMILES string of the molecule is C[C@@H]1C[C@H](C)[C@@H](O)[C@H](C)C(=O)O[C@H]([C@H](C)O)[C@@H](C)/C=C/C1=O. The van der Waals surface area contributed by atoms with Crippen LogP contribution in [0.5, 0.6) is 0 Å². The van der Waals surface area contributed by atoms with Gasteiger partial charge in [0, 0.05) is 11.8 Å². The van der Waals surface area contributed by atoms with Crippen LogP contribution in [0.3, 0.4) is 0 Å². The van der Waals surface area contributed by atoms with Gasteiger partial charge in [0.05, 0.1) is 18.1 Å². The largest absolute Gasteiger partial charge is 0.459 e. The molecule has 1 aliphatic heterocycles. The van der Waals surface area contributed by atoms with E-state index in [0.717, 1.165) is 0 Å². The third-order valence-electron chi connectivity index (χ3n) is 4.49. The van der Waals surface area contributed by atoms with Crippen LogP contribution in [0.15, 0.2) is 12.2 Å². The highest BCUT2D eigenvalue weighted by Crippen LogP contribution is 2.25. The van der Waals surface area contributed by atoms with Gasteiger partial charge >= 0.3 is 5.97 Å². The summed E-state index contributed by atoms with van der Waals surface area (Å²) in [6.45, 7) is 8.59. The van der Waals surface area contributed by atoms with Gasteiger partial charge in [-0.25, -0.2) is 0 Å². The van der Waals surface area contributed by atoms with Crippen LogP contribution in [-0.4, -0.2) is 40.3 Å². The zero-order valence-electron chi connectivity index (χ0n) is 14.0. The summed E-state index contributed by atoms with van der Waals surface area (Å²) in [6.07, 6.45) is 1.20. The summed E-state index contributed by atoms with van der Waals surface area (Å²) >= 11 is 0. The lowest BCUT2D eigenvalue weighted by Crippen LogP contribution is -2.40. The average Bonchev–Trinajstić information content (AvgIpc) is 2.46. The molecule has 22 heavy (non-hydrogen) atoms. The van der Waals surface area contributed by atoms with E-state index >= 15 is 0 Å². The molecule has 0 bridgehead atoms. The molecule has 2 N–H and O–H groups in total. The number of allylic oxidation sites excluding steroid dienone is 1. The second-order valence-corrected chi connectivity index (χ2v) is 6.66. The molecule has 0 amide bonds. The minimum absolute atomic E-state index is 0.0187. The van der Waals surface area contributed by atoms with Crippen molar-refractivity contribution >= 4 is 11.8 Å². The number of rotatable bonds is 1. The summed E-state index contributed by atoms with van der Waals surface area (Å²) in [5.41, 5.74) is 0. The van der Waals surface area contributed by atoms with Crippen molar-refractivity contribution in [2.75, 3.05) is 0 Å². The third kappa shape index (κ3) is 4.65. The molecular formula is C17H28O5. The van der Waals surface area contributed by atoms with Crippen LogP contribution in [0.2, 0.25) is 0 Å². The van der Waals surface area contributed by atoms with E-state index in [1.54, 1.807) is 26.8 Å². The summed E-state index contributed by atoms with van der Waals surface area (Å²) in [5.74, 6) is -1.95. The minimum atomic E-state index is -0.879. The van der Waals surface area contributed by atoms with E-state index in [1.807, 2.05) is 13.8 Å². The second kappa shape index (κ2) is 7.88. The lowest BCUT2D eigenvalue weighted by Gasteiger charge is -2.30. The highest BCUT2D eigenvalue weighted by molar-refractivity contribution is 5.91. The van der Waals surface area contributed by atoms with Gasteiger partial charge < -0.3 is 14.9 Å². The number of hydrogen-bond donors (Lipinski definition) is 2. The van der Waals surface area contributed by atoms with Crippen molar-refractivity contribution in [2.24, 2.45) is 23.7 Å². The van der Waals surface area contributed by atoms with Gasteiger partial charge in [0.2, 0.25) is 0 Å². The molecule has 0 aromatic heterocycles. The Labute approximate surface area is 132 Å². The van der Waals surface area contributed by atoms with Crippen LogP contribution in [0.4, 0.5) is 0 Å². The van der Waals surface area contributed by atoms with Crippen LogP contribution in [0, 0.1) is 23.7 Å². The Morgan fingerprint density at radius 3 is 2.36 bits per heavy atom. The van der Waals surface area contributed by atoms with Crippen molar-refractivity contribution in [1.82, 2.24) is 0 Å². The standard InChI is InChI=1S/C17H28O5/c1-9-6-7-14(19)10(2)8-11(3)15(20)12(4)17(21)22-16(9)13(5)18/h6-7,9-13,15-16,18,20H,8H2,1-5H3/b7-6+/t9-,10+,11-,12-,13-,15+,16-/m0/s1. The summed E-state index contributed by atoms with van der Waals surface area (Å²) < 4.78 is 5.38. The van der Waals surface area contributed by atoms with Crippen molar-refractivity contribution in [3.63, 3.8) is 0 Å². The Morgan fingerprint density at radius 2 is 1.82 bits per heavy atom. The van der Waals surface area contributed by atoms with E-state index in [1.165, 1.54) is 6.08 Å². The number of carbonyl (C=O) groups is 2. The number of esters is 1. The Bertz CT molecular complexity index is 429. The molecule has 0 saturated heterocycles. The second-order valence-electron chi connectivity index (χ2n) is 6.66. The number of cyclic esters (lactones) is 1. The fourth-order valence-corrected chi connectivity index (χ4v) is 2.85. The van der Waals surface area contributed by atoms with E-state index in [-0.39, 0.29) is 23.5 Å². The van der Waals surface area contributed by atoms with E-state index in [9.17, 15) is 19.8 Å². The molecule has 0 radical (unpaired) electrons. The number of aliphatic hydroxyl groups excluding tert-OH is 2. The van der Waals surface area contributed by atoms with Crippen molar-refractivity contribution in [3.8, 4) is 0 Å². The van der Waals surface area contributed by atoms with Gasteiger partial charge in [-0.2, -0.15) is 0 Å². The lowest BCUT2D eigenvalue weighted by atomic mass is 9.84. The van der Waals surface area contributed by atoms with Crippen LogP contribution in [-0.2, 0) is 14.3 Å². The number of ether oxygens (including phenoxy) is 1. The molecule has 0 aromatic rings. The predicted molar refractivity (Wildman–Crippen MR) is 83.0 cm³/mol. The van der Waals surface area contributed by atoms with Gasteiger partial charge in [-0.15, -0.1) is 0 Å². The Morgan fingerprint density at radius 1 is 1.23 bits per heavy atom. The molecule has 1 rings (SSSR count). The van der Waals surface area contributed by atoms with Gasteiger partial charge in [-0.05, 0) is 32.3 Å². The zero-order chi connectivity index (χ0) is 17.0. The highest BCUT2D eigenvalue weighted by atomic mass is 16.6. The molecule has 5 heteroatoms. The van der Waals surface area contributed by atoms with Crippen LogP contribution < -0.4 is 0 Å². The van der Waals surface area contributed by atoms with Gasteiger partial charge in [-0.3, -0.25) is 9.59 Å². The van der Waals surface area contributed by atoms with E-state index in [0.29, 0.717) is 6.42 Å². The average molecular weight is 312 g/mol. The summed E-state index contributed by atoms with van der Waals surface area (Å²) in [6, 6.07) is 0. The Kier molecular flexibility index (Phi) is 6.75. The third-order valence-corrected chi connectivity index (χ3v) is 4.49. The quantitative estimate of drug-likeness (QED) is 0.720. The maximum Gasteiger partial charge on any atom is 0.311 e. The summed E-state index contributed by atoms with van der Waals surface area (Å²) in [4.78, 5) is 24.3. The molecule has 7 atom stereocenters. The van der Waals surface area contributed by atoms with Gasteiger partial charge in [-0.1, -0.05) is 26.8 Å².